The number of aryl methyl sites for hydroxylation is 1. The van der Waals surface area contributed by atoms with Gasteiger partial charge in [0.15, 0.2) is 0 Å². The number of carbonyl (C=O) groups excluding carboxylic acids is 4. The molecule has 220 valence electrons. The summed E-state index contributed by atoms with van der Waals surface area (Å²) in [6, 6.07) is 13.2. The average molecular weight is 592 g/mol. The zero-order valence-electron chi connectivity index (χ0n) is 23.6. The molecule has 1 heterocycles. The lowest BCUT2D eigenvalue weighted by atomic mass is 9.95. The topological polar surface area (TPSA) is 132 Å². The number of thiophene rings is 1. The van der Waals surface area contributed by atoms with E-state index >= 15 is 0 Å². The van der Waals surface area contributed by atoms with Gasteiger partial charge in [-0.3, -0.25) is 9.59 Å². The predicted molar refractivity (Wildman–Crippen MR) is 160 cm³/mol. The van der Waals surface area contributed by atoms with Crippen LogP contribution in [-0.4, -0.2) is 43.2 Å². The van der Waals surface area contributed by atoms with Gasteiger partial charge in [-0.1, -0.05) is 13.3 Å². The number of ether oxygens (including phenoxy) is 3. The molecule has 0 fully saturated rings. The largest absolute Gasteiger partial charge is 0.494 e. The Hall–Kier alpha value is -4.51. The zero-order valence-corrected chi connectivity index (χ0v) is 24.4. The smallest absolute Gasteiger partial charge is 0.343 e. The van der Waals surface area contributed by atoms with Crippen molar-refractivity contribution in [3.8, 4) is 11.5 Å². The van der Waals surface area contributed by atoms with Crippen molar-refractivity contribution in [3.63, 3.8) is 0 Å². The Kier molecular flexibility index (Phi) is 10.8. The van der Waals surface area contributed by atoms with E-state index < -0.39 is 23.8 Å². The number of rotatable bonds is 11. The van der Waals surface area contributed by atoms with E-state index in [-0.39, 0.29) is 6.61 Å². The molecule has 1 aromatic heterocycles. The summed E-state index contributed by atoms with van der Waals surface area (Å²) in [5, 5.41) is 6.69. The molecule has 10 nitrogen and oxygen atoms in total. The minimum atomic E-state index is -0.986. The van der Waals surface area contributed by atoms with Crippen molar-refractivity contribution in [1.82, 2.24) is 5.43 Å². The third kappa shape index (κ3) is 8.03. The molecule has 0 unspecified atom stereocenters. The SMILES string of the molecule is CCCCOc1ccc(C(=O)Oc2ccc(C=NNC(=O)C(=O)Nc3sc4c(c3C(=O)OCC)CCCC4)cc2)cc1. The van der Waals surface area contributed by atoms with Crippen LogP contribution in [0.5, 0.6) is 11.5 Å². The fourth-order valence-corrected chi connectivity index (χ4v) is 5.53. The van der Waals surface area contributed by atoms with Crippen LogP contribution in [0.1, 0.15) is 76.3 Å². The lowest BCUT2D eigenvalue weighted by molar-refractivity contribution is -0.136. The first-order valence-corrected chi connectivity index (χ1v) is 14.7. The Labute approximate surface area is 248 Å². The van der Waals surface area contributed by atoms with Gasteiger partial charge in [0.2, 0.25) is 0 Å². The number of fused-ring (bicyclic) bond motifs is 1. The molecule has 0 radical (unpaired) electrons. The van der Waals surface area contributed by atoms with E-state index in [9.17, 15) is 19.2 Å². The van der Waals surface area contributed by atoms with Crippen LogP contribution in [-0.2, 0) is 27.2 Å². The molecule has 0 bridgehead atoms. The number of amides is 2. The van der Waals surface area contributed by atoms with Crippen LogP contribution in [0.3, 0.4) is 0 Å². The van der Waals surface area contributed by atoms with Gasteiger partial charge >= 0.3 is 23.8 Å². The highest BCUT2D eigenvalue weighted by molar-refractivity contribution is 7.17. The van der Waals surface area contributed by atoms with Crippen molar-refractivity contribution in [1.29, 1.82) is 0 Å². The van der Waals surface area contributed by atoms with Crippen molar-refractivity contribution in [2.24, 2.45) is 5.10 Å². The molecule has 1 aliphatic rings. The number of hydrazone groups is 1. The normalized spacial score (nSPS) is 12.3. The summed E-state index contributed by atoms with van der Waals surface area (Å²) >= 11 is 1.30. The average Bonchev–Trinajstić information content (AvgIpc) is 3.36. The molecule has 11 heteroatoms. The number of hydrogen-bond acceptors (Lipinski definition) is 9. The van der Waals surface area contributed by atoms with Gasteiger partial charge in [0.1, 0.15) is 16.5 Å². The van der Waals surface area contributed by atoms with E-state index in [4.69, 9.17) is 14.2 Å². The number of anilines is 1. The number of benzene rings is 2. The monoisotopic (exact) mass is 591 g/mol. The van der Waals surface area contributed by atoms with Crippen molar-refractivity contribution in [2.75, 3.05) is 18.5 Å². The summed E-state index contributed by atoms with van der Waals surface area (Å²) < 4.78 is 16.2. The highest BCUT2D eigenvalue weighted by atomic mass is 32.1. The van der Waals surface area contributed by atoms with Gasteiger partial charge in [-0.2, -0.15) is 5.10 Å². The standard InChI is InChI=1S/C31H33N3O7S/c1-3-5-18-40-22-16-12-21(13-17-22)30(37)41-23-14-10-20(11-15-23)19-32-34-28(36)27(35)33-29-26(31(38)39-4-2)24-8-6-7-9-25(24)42-29/h10-17,19H,3-9,18H2,1-2H3,(H,33,35)(H,34,36). The first-order chi connectivity index (χ1) is 20.4. The van der Waals surface area contributed by atoms with E-state index in [0.29, 0.717) is 39.8 Å². The molecule has 0 atom stereocenters. The Morgan fingerprint density at radius 2 is 1.62 bits per heavy atom. The number of esters is 2. The van der Waals surface area contributed by atoms with E-state index in [1.54, 1.807) is 55.5 Å². The Bertz CT molecular complexity index is 1450. The highest BCUT2D eigenvalue weighted by Crippen LogP contribution is 2.38. The maximum absolute atomic E-state index is 12.6. The van der Waals surface area contributed by atoms with Crippen LogP contribution in [0.15, 0.2) is 53.6 Å². The predicted octanol–water partition coefficient (Wildman–Crippen LogP) is 5.29. The second-order valence-corrected chi connectivity index (χ2v) is 10.6. The lowest BCUT2D eigenvalue weighted by Crippen LogP contribution is -2.32. The number of hydrogen-bond donors (Lipinski definition) is 2. The van der Waals surface area contributed by atoms with E-state index in [1.165, 1.54) is 17.6 Å². The maximum Gasteiger partial charge on any atom is 0.343 e. The fraction of sp³-hybridized carbons (Fsp3) is 0.323. The molecular formula is C31H33N3O7S. The summed E-state index contributed by atoms with van der Waals surface area (Å²) in [7, 11) is 0. The minimum absolute atomic E-state index is 0.207. The number of unbranched alkanes of at least 4 members (excludes halogenated alkanes) is 1. The highest BCUT2D eigenvalue weighted by Gasteiger charge is 2.28. The summed E-state index contributed by atoms with van der Waals surface area (Å²) in [6.45, 7) is 4.63. The third-order valence-electron chi connectivity index (χ3n) is 6.41. The van der Waals surface area contributed by atoms with Crippen LogP contribution < -0.4 is 20.2 Å². The summed E-state index contributed by atoms with van der Waals surface area (Å²) in [5.74, 6) is -1.92. The van der Waals surface area contributed by atoms with Crippen LogP contribution >= 0.6 is 11.3 Å². The number of nitrogens with zero attached hydrogens (tertiary/aromatic N) is 1. The molecule has 0 spiro atoms. The van der Waals surface area contributed by atoms with Gasteiger partial charge in [-0.05, 0) is 98.7 Å². The summed E-state index contributed by atoms with van der Waals surface area (Å²) in [6.07, 6.45) is 6.85. The third-order valence-corrected chi connectivity index (χ3v) is 7.62. The molecule has 42 heavy (non-hydrogen) atoms. The van der Waals surface area contributed by atoms with Gasteiger partial charge < -0.3 is 19.5 Å². The molecule has 0 aliphatic heterocycles. The number of carbonyl (C=O) groups is 4. The van der Waals surface area contributed by atoms with Gasteiger partial charge in [0.05, 0.1) is 30.6 Å². The second-order valence-electron chi connectivity index (χ2n) is 9.47. The molecule has 2 aromatic carbocycles. The fourth-order valence-electron chi connectivity index (χ4n) is 4.26. The van der Waals surface area contributed by atoms with Gasteiger partial charge in [0.25, 0.3) is 0 Å². The second kappa shape index (κ2) is 14.9. The van der Waals surface area contributed by atoms with E-state index in [2.05, 4.69) is 22.8 Å². The van der Waals surface area contributed by atoms with Gasteiger partial charge in [-0.25, -0.2) is 15.0 Å². The molecule has 1 aliphatic carbocycles. The first kappa shape index (κ1) is 30.4. The molecule has 0 saturated heterocycles. The summed E-state index contributed by atoms with van der Waals surface area (Å²) in [4.78, 5) is 51.0. The van der Waals surface area contributed by atoms with Crippen molar-refractivity contribution >= 4 is 46.3 Å². The van der Waals surface area contributed by atoms with E-state index in [0.717, 1.165) is 49.0 Å². The maximum atomic E-state index is 12.6. The molecular weight excluding hydrogens is 558 g/mol. The van der Waals surface area contributed by atoms with Gasteiger partial charge in [0, 0.05) is 4.88 Å². The molecule has 2 amide bonds. The molecule has 0 saturated carbocycles. The van der Waals surface area contributed by atoms with Crippen LogP contribution in [0, 0.1) is 0 Å². The van der Waals surface area contributed by atoms with E-state index in [1.807, 2.05) is 0 Å². The molecule has 3 aromatic rings. The van der Waals surface area contributed by atoms with Crippen LogP contribution in [0.25, 0.3) is 0 Å². The Balaban J connectivity index is 1.29. The van der Waals surface area contributed by atoms with Crippen molar-refractivity contribution in [2.45, 2.75) is 52.4 Å². The number of nitrogens with one attached hydrogen (secondary N) is 2. The van der Waals surface area contributed by atoms with Crippen molar-refractivity contribution in [3.05, 3.63) is 75.7 Å². The minimum Gasteiger partial charge on any atom is -0.494 e. The summed E-state index contributed by atoms with van der Waals surface area (Å²) in [5.41, 5.74) is 4.39. The Morgan fingerprint density at radius 3 is 2.33 bits per heavy atom. The zero-order chi connectivity index (χ0) is 29.9. The first-order valence-electron chi connectivity index (χ1n) is 13.9. The molecule has 2 N–H and O–H groups in total. The van der Waals surface area contributed by atoms with Crippen LogP contribution in [0.4, 0.5) is 5.00 Å². The Morgan fingerprint density at radius 1 is 0.905 bits per heavy atom. The quantitative estimate of drug-likeness (QED) is 0.0773. The molecule has 4 rings (SSSR count). The van der Waals surface area contributed by atoms with Gasteiger partial charge in [-0.15, -0.1) is 11.3 Å². The lowest BCUT2D eigenvalue weighted by Gasteiger charge is -2.12. The van der Waals surface area contributed by atoms with Crippen molar-refractivity contribution < 1.29 is 33.4 Å². The van der Waals surface area contributed by atoms with Crippen LogP contribution in [0.2, 0.25) is 0 Å².